The van der Waals surface area contributed by atoms with E-state index >= 15 is 0 Å². The van der Waals surface area contributed by atoms with E-state index < -0.39 is 0 Å². The summed E-state index contributed by atoms with van der Waals surface area (Å²) in [6.07, 6.45) is 2.06. The third-order valence-electron chi connectivity index (χ3n) is 1.51. The summed E-state index contributed by atoms with van der Waals surface area (Å²) in [5.41, 5.74) is 0.823. The van der Waals surface area contributed by atoms with E-state index in [1.54, 1.807) is 0 Å². The Morgan fingerprint density at radius 1 is 1.67 bits per heavy atom. The molecule has 0 heterocycles. The summed E-state index contributed by atoms with van der Waals surface area (Å²) >= 11 is 0. The van der Waals surface area contributed by atoms with Crippen LogP contribution in [0.2, 0.25) is 0 Å². The van der Waals surface area contributed by atoms with Crippen LogP contribution in [0.3, 0.4) is 0 Å². The molecule has 0 aromatic carbocycles. The molecule has 1 N–H and O–H groups in total. The smallest absolute Gasteiger partial charge is 0.0542 e. The van der Waals surface area contributed by atoms with Crippen molar-refractivity contribution in [2.24, 2.45) is 11.1 Å². The van der Waals surface area contributed by atoms with Gasteiger partial charge >= 0.3 is 0 Å². The van der Waals surface area contributed by atoms with Gasteiger partial charge in [0.05, 0.1) is 5.71 Å². The minimum atomic E-state index is 0.640. The Hall–Kier alpha value is -0.530. The molecular weight excluding hydrogens is 114 g/mol. The third kappa shape index (κ3) is 4.01. The molecule has 0 aliphatic rings. The standard InChI is InChI=1S/C7H15NO/c1-4-6(2)5-7(3)8-9/h6,9H,4-5H2,1-3H3/b8-7-. The van der Waals surface area contributed by atoms with Gasteiger partial charge in [0.1, 0.15) is 0 Å². The Bertz CT molecular complexity index is 99.1. The van der Waals surface area contributed by atoms with Crippen molar-refractivity contribution >= 4 is 5.71 Å². The summed E-state index contributed by atoms with van der Waals surface area (Å²) in [6.45, 7) is 6.12. The van der Waals surface area contributed by atoms with Crippen molar-refractivity contribution in [2.75, 3.05) is 0 Å². The van der Waals surface area contributed by atoms with E-state index in [1.807, 2.05) is 6.92 Å². The molecule has 54 valence electrons. The Morgan fingerprint density at radius 2 is 2.22 bits per heavy atom. The van der Waals surface area contributed by atoms with Gasteiger partial charge in [0, 0.05) is 0 Å². The van der Waals surface area contributed by atoms with Crippen molar-refractivity contribution in [1.29, 1.82) is 0 Å². The molecule has 1 atom stereocenters. The maximum atomic E-state index is 8.27. The number of hydrogen-bond donors (Lipinski definition) is 1. The molecule has 0 amide bonds. The van der Waals surface area contributed by atoms with Gasteiger partial charge in [-0.15, -0.1) is 0 Å². The van der Waals surface area contributed by atoms with Crippen molar-refractivity contribution in [1.82, 2.24) is 0 Å². The first-order chi connectivity index (χ1) is 4.20. The van der Waals surface area contributed by atoms with Gasteiger partial charge in [-0.25, -0.2) is 0 Å². The minimum absolute atomic E-state index is 0.640. The molecule has 1 unspecified atom stereocenters. The third-order valence-corrected chi connectivity index (χ3v) is 1.51. The summed E-state index contributed by atoms with van der Waals surface area (Å²) in [6, 6.07) is 0. The average molecular weight is 129 g/mol. The Morgan fingerprint density at radius 3 is 2.56 bits per heavy atom. The molecule has 2 heteroatoms. The highest BCUT2D eigenvalue weighted by Crippen LogP contribution is 2.06. The number of rotatable bonds is 3. The normalized spacial score (nSPS) is 15.7. The second-order valence-corrected chi connectivity index (χ2v) is 2.55. The van der Waals surface area contributed by atoms with Crippen LogP contribution in [0.25, 0.3) is 0 Å². The SMILES string of the molecule is CCC(C)C/C(C)=N\O. The quantitative estimate of drug-likeness (QED) is 0.354. The molecule has 0 aromatic rings. The molecule has 0 spiro atoms. The van der Waals surface area contributed by atoms with E-state index in [-0.39, 0.29) is 0 Å². The monoisotopic (exact) mass is 129 g/mol. The van der Waals surface area contributed by atoms with Gasteiger partial charge in [-0.2, -0.15) is 0 Å². The predicted molar refractivity (Wildman–Crippen MR) is 39.0 cm³/mol. The highest BCUT2D eigenvalue weighted by Gasteiger charge is 1.99. The first-order valence-electron chi connectivity index (χ1n) is 3.38. The molecule has 2 nitrogen and oxygen atoms in total. The Balaban J connectivity index is 3.47. The molecule has 9 heavy (non-hydrogen) atoms. The van der Waals surface area contributed by atoms with Gasteiger partial charge in [-0.1, -0.05) is 25.4 Å². The molecule has 0 radical (unpaired) electrons. The van der Waals surface area contributed by atoms with E-state index in [2.05, 4.69) is 19.0 Å². The van der Waals surface area contributed by atoms with Crippen molar-refractivity contribution in [3.8, 4) is 0 Å². The largest absolute Gasteiger partial charge is 0.411 e. The summed E-state index contributed by atoms with van der Waals surface area (Å²) in [5.74, 6) is 0.640. The van der Waals surface area contributed by atoms with Crippen LogP contribution in [0.1, 0.15) is 33.6 Å². The lowest BCUT2D eigenvalue weighted by Crippen LogP contribution is -2.00. The van der Waals surface area contributed by atoms with Crippen molar-refractivity contribution in [2.45, 2.75) is 33.6 Å². The highest BCUT2D eigenvalue weighted by molar-refractivity contribution is 5.81. The predicted octanol–water partition coefficient (Wildman–Crippen LogP) is 2.27. The van der Waals surface area contributed by atoms with Gasteiger partial charge in [0.2, 0.25) is 0 Å². The van der Waals surface area contributed by atoms with Gasteiger partial charge in [-0.05, 0) is 19.3 Å². The zero-order valence-electron chi connectivity index (χ0n) is 6.39. The molecule has 0 aliphatic carbocycles. The Kier molecular flexibility index (Phi) is 4.10. The molecule has 0 aliphatic heterocycles. The summed E-state index contributed by atoms with van der Waals surface area (Å²) in [7, 11) is 0. The summed E-state index contributed by atoms with van der Waals surface area (Å²) in [4.78, 5) is 0. The van der Waals surface area contributed by atoms with Crippen molar-refractivity contribution in [3.05, 3.63) is 0 Å². The number of hydrogen-bond acceptors (Lipinski definition) is 2. The maximum Gasteiger partial charge on any atom is 0.0542 e. The molecular formula is C7H15NO. The molecule has 0 bridgehead atoms. The van der Waals surface area contributed by atoms with Gasteiger partial charge in [0.25, 0.3) is 0 Å². The van der Waals surface area contributed by atoms with E-state index in [0.717, 1.165) is 18.6 Å². The fourth-order valence-electron chi connectivity index (χ4n) is 0.689. The van der Waals surface area contributed by atoms with Crippen LogP contribution in [0.4, 0.5) is 0 Å². The van der Waals surface area contributed by atoms with Crippen LogP contribution in [0.5, 0.6) is 0 Å². The number of nitrogens with zero attached hydrogens (tertiary/aromatic N) is 1. The summed E-state index contributed by atoms with van der Waals surface area (Å²) < 4.78 is 0. The first-order valence-corrected chi connectivity index (χ1v) is 3.38. The van der Waals surface area contributed by atoms with Crippen molar-refractivity contribution in [3.63, 3.8) is 0 Å². The zero-order chi connectivity index (χ0) is 7.28. The van der Waals surface area contributed by atoms with Crippen molar-refractivity contribution < 1.29 is 5.21 Å². The molecule has 0 aromatic heterocycles. The molecule has 0 saturated heterocycles. The fourth-order valence-corrected chi connectivity index (χ4v) is 0.689. The topological polar surface area (TPSA) is 32.6 Å². The van der Waals surface area contributed by atoms with Gasteiger partial charge in [0.15, 0.2) is 0 Å². The Labute approximate surface area is 56.6 Å². The number of oxime groups is 1. The fraction of sp³-hybridized carbons (Fsp3) is 0.857. The van der Waals surface area contributed by atoms with Crippen LogP contribution >= 0.6 is 0 Å². The lowest BCUT2D eigenvalue weighted by Gasteiger charge is -2.04. The molecule has 0 saturated carbocycles. The van der Waals surface area contributed by atoms with Crippen LogP contribution in [0.15, 0.2) is 5.16 Å². The highest BCUT2D eigenvalue weighted by atomic mass is 16.4. The van der Waals surface area contributed by atoms with E-state index in [0.29, 0.717) is 5.92 Å². The van der Waals surface area contributed by atoms with Gasteiger partial charge < -0.3 is 5.21 Å². The summed E-state index contributed by atoms with van der Waals surface area (Å²) in [5, 5.41) is 11.4. The van der Waals surface area contributed by atoms with E-state index in [1.165, 1.54) is 0 Å². The lowest BCUT2D eigenvalue weighted by atomic mass is 10.0. The second kappa shape index (κ2) is 4.36. The minimum Gasteiger partial charge on any atom is -0.411 e. The van der Waals surface area contributed by atoms with Crippen LogP contribution < -0.4 is 0 Å². The average Bonchev–Trinajstić information content (AvgIpc) is 1.87. The lowest BCUT2D eigenvalue weighted by molar-refractivity contribution is 0.316. The van der Waals surface area contributed by atoms with E-state index in [9.17, 15) is 0 Å². The van der Waals surface area contributed by atoms with E-state index in [4.69, 9.17) is 5.21 Å². The second-order valence-electron chi connectivity index (χ2n) is 2.55. The maximum absolute atomic E-state index is 8.27. The molecule has 0 rings (SSSR count). The van der Waals surface area contributed by atoms with Crippen LogP contribution in [-0.2, 0) is 0 Å². The van der Waals surface area contributed by atoms with Crippen LogP contribution in [0, 0.1) is 5.92 Å². The molecule has 0 fully saturated rings. The zero-order valence-corrected chi connectivity index (χ0v) is 6.39. The van der Waals surface area contributed by atoms with Crippen LogP contribution in [-0.4, -0.2) is 10.9 Å². The first kappa shape index (κ1) is 8.47. The van der Waals surface area contributed by atoms with Gasteiger partial charge in [-0.3, -0.25) is 0 Å².